The summed E-state index contributed by atoms with van der Waals surface area (Å²) in [6.07, 6.45) is 0. The van der Waals surface area contributed by atoms with E-state index >= 15 is 0 Å². The van der Waals surface area contributed by atoms with E-state index in [1.807, 2.05) is 6.92 Å². The Morgan fingerprint density at radius 1 is 1.50 bits per heavy atom. The number of halogens is 2. The predicted molar refractivity (Wildman–Crippen MR) is 74.0 cm³/mol. The van der Waals surface area contributed by atoms with Crippen molar-refractivity contribution in [2.75, 3.05) is 6.61 Å². The minimum absolute atomic E-state index is 0.0212. The van der Waals surface area contributed by atoms with E-state index in [1.165, 1.54) is 12.1 Å². The van der Waals surface area contributed by atoms with Crippen molar-refractivity contribution in [3.8, 4) is 5.75 Å². The molecule has 1 aromatic rings. The molecule has 6 heteroatoms. The van der Waals surface area contributed by atoms with E-state index in [0.717, 1.165) is 0 Å². The van der Waals surface area contributed by atoms with Gasteiger partial charge >= 0.3 is 0 Å². The number of aliphatic hydroxyl groups excluding tert-OH is 1. The first-order valence-corrected chi connectivity index (χ1v) is 6.63. The molecule has 0 fully saturated rings. The molecule has 4 nitrogen and oxygen atoms in total. The molecule has 1 rings (SSSR count). The monoisotopic (exact) mass is 335 g/mol. The number of carbonyl (C=O) groups is 1. The summed E-state index contributed by atoms with van der Waals surface area (Å²) in [7, 11) is 0. The van der Waals surface area contributed by atoms with Gasteiger partial charge in [-0.05, 0) is 25.0 Å². The molecule has 18 heavy (non-hydrogen) atoms. The van der Waals surface area contributed by atoms with Crippen LogP contribution in [-0.4, -0.2) is 28.8 Å². The topological polar surface area (TPSA) is 69.6 Å². The van der Waals surface area contributed by atoms with Crippen LogP contribution in [-0.2, 0) is 0 Å². The van der Waals surface area contributed by atoms with Gasteiger partial charge < -0.3 is 15.5 Å². The highest BCUT2D eigenvalue weighted by Gasteiger charge is 2.19. The van der Waals surface area contributed by atoms with Crippen molar-refractivity contribution < 1.29 is 15.0 Å². The fourth-order valence-electron chi connectivity index (χ4n) is 1.32. The molecule has 0 aromatic heterocycles. The zero-order valence-corrected chi connectivity index (χ0v) is 12.4. The zero-order chi connectivity index (χ0) is 13.9. The number of rotatable bonds is 4. The average molecular weight is 337 g/mol. The van der Waals surface area contributed by atoms with Crippen LogP contribution in [0.15, 0.2) is 16.6 Å². The van der Waals surface area contributed by atoms with Gasteiger partial charge in [-0.1, -0.05) is 34.5 Å². The minimum atomic E-state index is -0.427. The molecule has 0 spiro atoms. The summed E-state index contributed by atoms with van der Waals surface area (Å²) in [5, 5.41) is 21.6. The standard InChI is InChI=1S/C12H15BrClNO3/c1-6(5-16)7(2)15-12(18)9-3-8(13)4-10(14)11(9)17/h3-4,6-7,16-17H,5H2,1-2H3,(H,15,18). The smallest absolute Gasteiger partial charge is 0.255 e. The third kappa shape index (κ3) is 3.60. The first-order chi connectivity index (χ1) is 8.36. The molecular weight excluding hydrogens is 321 g/mol. The lowest BCUT2D eigenvalue weighted by Gasteiger charge is -2.19. The van der Waals surface area contributed by atoms with Crippen molar-refractivity contribution in [2.45, 2.75) is 19.9 Å². The molecule has 2 unspecified atom stereocenters. The molecule has 0 bridgehead atoms. The van der Waals surface area contributed by atoms with E-state index in [1.54, 1.807) is 6.92 Å². The molecule has 2 atom stereocenters. The van der Waals surface area contributed by atoms with E-state index < -0.39 is 5.91 Å². The summed E-state index contributed by atoms with van der Waals surface area (Å²) in [5.74, 6) is -0.747. The van der Waals surface area contributed by atoms with Crippen LogP contribution in [0.25, 0.3) is 0 Å². The van der Waals surface area contributed by atoms with Gasteiger partial charge in [0.05, 0.1) is 10.6 Å². The normalized spacial score (nSPS) is 14.1. The Morgan fingerprint density at radius 2 is 2.11 bits per heavy atom. The Bertz CT molecular complexity index is 453. The second-order valence-electron chi connectivity index (χ2n) is 4.21. The molecule has 0 radical (unpaired) electrons. The molecule has 0 aliphatic rings. The van der Waals surface area contributed by atoms with E-state index in [4.69, 9.17) is 16.7 Å². The van der Waals surface area contributed by atoms with E-state index in [2.05, 4.69) is 21.2 Å². The van der Waals surface area contributed by atoms with E-state index in [9.17, 15) is 9.90 Å². The van der Waals surface area contributed by atoms with Crippen molar-refractivity contribution in [3.63, 3.8) is 0 Å². The lowest BCUT2D eigenvalue weighted by molar-refractivity contribution is 0.0913. The lowest BCUT2D eigenvalue weighted by atomic mass is 10.0. The van der Waals surface area contributed by atoms with Crippen LogP contribution in [0.3, 0.4) is 0 Å². The number of aromatic hydroxyl groups is 1. The summed E-state index contributed by atoms with van der Waals surface area (Å²) in [5.41, 5.74) is 0.103. The lowest BCUT2D eigenvalue weighted by Crippen LogP contribution is -2.38. The summed E-state index contributed by atoms with van der Waals surface area (Å²) in [6.45, 7) is 3.58. The van der Waals surface area contributed by atoms with Crippen molar-refractivity contribution >= 4 is 33.4 Å². The highest BCUT2D eigenvalue weighted by atomic mass is 79.9. The first kappa shape index (κ1) is 15.3. The van der Waals surface area contributed by atoms with Gasteiger partial charge in [-0.3, -0.25) is 4.79 Å². The molecule has 0 heterocycles. The quantitative estimate of drug-likeness (QED) is 0.791. The second-order valence-corrected chi connectivity index (χ2v) is 5.53. The van der Waals surface area contributed by atoms with Gasteiger partial charge in [0.25, 0.3) is 5.91 Å². The summed E-state index contributed by atoms with van der Waals surface area (Å²) in [6, 6.07) is 2.79. The average Bonchev–Trinajstić information content (AvgIpc) is 2.32. The van der Waals surface area contributed by atoms with Gasteiger partial charge in [-0.25, -0.2) is 0 Å². The van der Waals surface area contributed by atoms with Crippen LogP contribution in [0.1, 0.15) is 24.2 Å². The maximum Gasteiger partial charge on any atom is 0.255 e. The highest BCUT2D eigenvalue weighted by Crippen LogP contribution is 2.31. The van der Waals surface area contributed by atoms with E-state index in [-0.39, 0.29) is 34.9 Å². The third-order valence-corrected chi connectivity index (χ3v) is 3.52. The van der Waals surface area contributed by atoms with Gasteiger partial charge in [0, 0.05) is 17.1 Å². The fourth-order valence-corrected chi connectivity index (χ4v) is 2.13. The van der Waals surface area contributed by atoms with Gasteiger partial charge in [0.15, 0.2) is 0 Å². The van der Waals surface area contributed by atoms with Crippen molar-refractivity contribution in [1.29, 1.82) is 0 Å². The Kier molecular flexibility index (Phi) is 5.44. The molecule has 0 aliphatic carbocycles. The highest BCUT2D eigenvalue weighted by molar-refractivity contribution is 9.10. The molecule has 0 saturated heterocycles. The number of hydrogen-bond acceptors (Lipinski definition) is 3. The summed E-state index contributed by atoms with van der Waals surface area (Å²) in [4.78, 5) is 12.0. The van der Waals surface area contributed by atoms with Gasteiger partial charge in [-0.2, -0.15) is 0 Å². The summed E-state index contributed by atoms with van der Waals surface area (Å²) < 4.78 is 0.610. The Morgan fingerprint density at radius 3 is 2.67 bits per heavy atom. The number of carbonyl (C=O) groups excluding carboxylic acids is 1. The van der Waals surface area contributed by atoms with Crippen LogP contribution >= 0.6 is 27.5 Å². The number of hydrogen-bond donors (Lipinski definition) is 3. The number of nitrogens with one attached hydrogen (secondary N) is 1. The largest absolute Gasteiger partial charge is 0.506 e. The van der Waals surface area contributed by atoms with Crippen LogP contribution in [0, 0.1) is 5.92 Å². The van der Waals surface area contributed by atoms with Crippen LogP contribution in [0.2, 0.25) is 5.02 Å². The maximum atomic E-state index is 12.0. The van der Waals surface area contributed by atoms with Gasteiger partial charge in [-0.15, -0.1) is 0 Å². The van der Waals surface area contributed by atoms with Crippen LogP contribution in [0.4, 0.5) is 0 Å². The Hall–Kier alpha value is -0.780. The molecule has 1 amide bonds. The number of amides is 1. The van der Waals surface area contributed by atoms with Crippen molar-refractivity contribution in [2.24, 2.45) is 5.92 Å². The van der Waals surface area contributed by atoms with Crippen LogP contribution in [0.5, 0.6) is 5.75 Å². The maximum absolute atomic E-state index is 12.0. The SMILES string of the molecule is CC(CO)C(C)NC(=O)c1cc(Br)cc(Cl)c1O. The fraction of sp³-hybridized carbons (Fsp3) is 0.417. The molecule has 3 N–H and O–H groups in total. The number of phenols is 1. The molecule has 0 saturated carbocycles. The van der Waals surface area contributed by atoms with Crippen molar-refractivity contribution in [1.82, 2.24) is 5.32 Å². The number of phenolic OH excluding ortho intramolecular Hbond substituents is 1. The third-order valence-electron chi connectivity index (χ3n) is 2.77. The van der Waals surface area contributed by atoms with Gasteiger partial charge in [0.1, 0.15) is 5.75 Å². The second kappa shape index (κ2) is 6.41. The van der Waals surface area contributed by atoms with Crippen LogP contribution < -0.4 is 5.32 Å². The number of benzene rings is 1. The zero-order valence-electron chi connectivity index (χ0n) is 10.1. The van der Waals surface area contributed by atoms with Gasteiger partial charge in [0.2, 0.25) is 0 Å². The Balaban J connectivity index is 2.91. The predicted octanol–water partition coefficient (Wildman–Crippen LogP) is 2.55. The minimum Gasteiger partial charge on any atom is -0.506 e. The number of aliphatic hydroxyl groups is 1. The molecule has 0 aliphatic heterocycles. The molecule has 100 valence electrons. The molecular formula is C12H15BrClNO3. The molecule has 1 aromatic carbocycles. The van der Waals surface area contributed by atoms with Crippen molar-refractivity contribution in [3.05, 3.63) is 27.2 Å². The Labute approximate surface area is 119 Å². The van der Waals surface area contributed by atoms with E-state index in [0.29, 0.717) is 4.47 Å². The summed E-state index contributed by atoms with van der Waals surface area (Å²) >= 11 is 9.00. The first-order valence-electron chi connectivity index (χ1n) is 5.46.